The number of rotatable bonds is 8. The van der Waals surface area contributed by atoms with Gasteiger partial charge in [0.05, 0.1) is 24.9 Å². The molecule has 0 bridgehead atoms. The first kappa shape index (κ1) is 20.1. The van der Waals surface area contributed by atoms with E-state index < -0.39 is 9.84 Å². The van der Waals surface area contributed by atoms with Gasteiger partial charge >= 0.3 is 0 Å². The molecule has 0 aliphatic carbocycles. The highest BCUT2D eigenvalue weighted by molar-refractivity contribution is 7.91. The van der Waals surface area contributed by atoms with Crippen molar-refractivity contribution >= 4 is 27.3 Å². The van der Waals surface area contributed by atoms with Crippen LogP contribution in [0.4, 0.5) is 0 Å². The first-order chi connectivity index (χ1) is 12.4. The minimum Gasteiger partial charge on any atom is -0.497 e. The second kappa shape index (κ2) is 8.91. The molecule has 1 N–H and O–H groups in total. The summed E-state index contributed by atoms with van der Waals surface area (Å²) in [5, 5.41) is 3.15. The third-order valence-electron chi connectivity index (χ3n) is 3.73. The number of benzene rings is 2. The van der Waals surface area contributed by atoms with Gasteiger partial charge in [-0.2, -0.15) is 0 Å². The molecule has 8 heteroatoms. The number of amides is 1. The van der Waals surface area contributed by atoms with Gasteiger partial charge in [-0.1, -0.05) is 11.6 Å². The highest BCUT2D eigenvalue weighted by Crippen LogP contribution is 2.23. The van der Waals surface area contributed by atoms with Gasteiger partial charge in [-0.25, -0.2) is 8.42 Å². The fourth-order valence-electron chi connectivity index (χ4n) is 2.29. The molecule has 0 saturated heterocycles. The van der Waals surface area contributed by atoms with E-state index >= 15 is 0 Å². The molecule has 0 unspecified atom stereocenters. The van der Waals surface area contributed by atoms with Crippen LogP contribution in [0.25, 0.3) is 0 Å². The molecule has 1 amide bonds. The van der Waals surface area contributed by atoms with Crippen LogP contribution in [-0.4, -0.2) is 34.3 Å². The number of sulfone groups is 1. The number of ether oxygens (including phenoxy) is 2. The van der Waals surface area contributed by atoms with Crippen LogP contribution in [0.5, 0.6) is 11.5 Å². The SMILES string of the molecule is COc1ccc(OC)c(CNC(=O)CCS(=O)(=O)c2ccc(Cl)cc2)c1. The molecule has 0 aromatic heterocycles. The summed E-state index contributed by atoms with van der Waals surface area (Å²) < 4.78 is 34.9. The van der Waals surface area contributed by atoms with Crippen LogP contribution >= 0.6 is 11.6 Å². The van der Waals surface area contributed by atoms with Crippen molar-refractivity contribution in [2.75, 3.05) is 20.0 Å². The molecule has 6 nitrogen and oxygen atoms in total. The Morgan fingerprint density at radius 1 is 1.08 bits per heavy atom. The lowest BCUT2D eigenvalue weighted by atomic mass is 10.2. The van der Waals surface area contributed by atoms with Crippen molar-refractivity contribution < 1.29 is 22.7 Å². The Kier molecular flexibility index (Phi) is 6.88. The Labute approximate surface area is 158 Å². The third-order valence-corrected chi connectivity index (χ3v) is 5.72. The molecular formula is C18H20ClNO5S. The number of hydrogen-bond acceptors (Lipinski definition) is 5. The molecule has 2 rings (SSSR count). The van der Waals surface area contributed by atoms with Gasteiger partial charge in [-0.15, -0.1) is 0 Å². The number of carbonyl (C=O) groups excluding carboxylic acids is 1. The fraction of sp³-hybridized carbons (Fsp3) is 0.278. The van der Waals surface area contributed by atoms with Gasteiger partial charge in [0.15, 0.2) is 9.84 Å². The molecule has 26 heavy (non-hydrogen) atoms. The monoisotopic (exact) mass is 397 g/mol. The number of nitrogens with one attached hydrogen (secondary N) is 1. The second-order valence-electron chi connectivity index (χ2n) is 5.48. The van der Waals surface area contributed by atoms with Crippen molar-refractivity contribution in [2.45, 2.75) is 17.9 Å². The van der Waals surface area contributed by atoms with E-state index in [4.69, 9.17) is 21.1 Å². The van der Waals surface area contributed by atoms with E-state index in [9.17, 15) is 13.2 Å². The van der Waals surface area contributed by atoms with E-state index in [-0.39, 0.29) is 29.5 Å². The third kappa shape index (κ3) is 5.37. The highest BCUT2D eigenvalue weighted by atomic mass is 35.5. The van der Waals surface area contributed by atoms with E-state index in [2.05, 4.69) is 5.32 Å². The van der Waals surface area contributed by atoms with Crippen molar-refractivity contribution in [2.24, 2.45) is 0 Å². The van der Waals surface area contributed by atoms with Crippen LogP contribution < -0.4 is 14.8 Å². The predicted molar refractivity (Wildman–Crippen MR) is 99.5 cm³/mol. The van der Waals surface area contributed by atoms with Gasteiger partial charge in [-0.05, 0) is 42.5 Å². The van der Waals surface area contributed by atoms with E-state index in [1.165, 1.54) is 31.4 Å². The van der Waals surface area contributed by atoms with E-state index in [0.717, 1.165) is 5.56 Å². The van der Waals surface area contributed by atoms with Gasteiger partial charge in [0.2, 0.25) is 5.91 Å². The molecule has 0 aliphatic heterocycles. The van der Waals surface area contributed by atoms with E-state index in [1.807, 2.05) is 0 Å². The quantitative estimate of drug-likeness (QED) is 0.740. The first-order valence-corrected chi connectivity index (χ1v) is 9.84. The topological polar surface area (TPSA) is 81.7 Å². The molecule has 0 radical (unpaired) electrons. The van der Waals surface area contributed by atoms with Gasteiger partial charge in [-0.3, -0.25) is 4.79 Å². The molecule has 2 aromatic rings. The Hall–Kier alpha value is -2.25. The smallest absolute Gasteiger partial charge is 0.221 e. The molecule has 0 saturated carbocycles. The van der Waals surface area contributed by atoms with Crippen LogP contribution in [-0.2, 0) is 21.2 Å². The molecule has 140 valence electrons. The predicted octanol–water partition coefficient (Wildman–Crippen LogP) is 2.84. The summed E-state index contributed by atoms with van der Waals surface area (Å²) in [5.41, 5.74) is 0.737. The zero-order chi connectivity index (χ0) is 19.2. The zero-order valence-electron chi connectivity index (χ0n) is 14.5. The highest BCUT2D eigenvalue weighted by Gasteiger charge is 2.16. The van der Waals surface area contributed by atoms with Crippen molar-refractivity contribution in [3.05, 3.63) is 53.1 Å². The van der Waals surface area contributed by atoms with Crippen molar-refractivity contribution in [3.8, 4) is 11.5 Å². The Bertz CT molecular complexity index is 866. The van der Waals surface area contributed by atoms with Crippen LogP contribution in [0.3, 0.4) is 0 Å². The lowest BCUT2D eigenvalue weighted by molar-refractivity contribution is -0.120. The Morgan fingerprint density at radius 2 is 1.77 bits per heavy atom. The molecule has 0 aliphatic rings. The lowest BCUT2D eigenvalue weighted by Crippen LogP contribution is -2.25. The summed E-state index contributed by atoms with van der Waals surface area (Å²) in [6, 6.07) is 11.1. The Balaban J connectivity index is 1.94. The molecule has 2 aromatic carbocycles. The number of hydrogen-bond donors (Lipinski definition) is 1. The van der Waals surface area contributed by atoms with Gasteiger partial charge in [0.25, 0.3) is 0 Å². The minimum absolute atomic E-state index is 0.142. The maximum Gasteiger partial charge on any atom is 0.221 e. The summed E-state index contributed by atoms with van der Waals surface area (Å²) in [5.74, 6) is 0.600. The number of carbonyl (C=O) groups is 1. The van der Waals surface area contributed by atoms with Crippen LogP contribution in [0, 0.1) is 0 Å². The van der Waals surface area contributed by atoms with Crippen molar-refractivity contribution in [1.29, 1.82) is 0 Å². The molecule has 0 spiro atoms. The average molecular weight is 398 g/mol. The lowest BCUT2D eigenvalue weighted by Gasteiger charge is -2.11. The van der Waals surface area contributed by atoms with Crippen LogP contribution in [0.1, 0.15) is 12.0 Å². The second-order valence-corrected chi connectivity index (χ2v) is 8.02. The Morgan fingerprint density at radius 3 is 2.38 bits per heavy atom. The van der Waals surface area contributed by atoms with Crippen molar-refractivity contribution in [1.82, 2.24) is 5.32 Å². The summed E-state index contributed by atoms with van der Waals surface area (Å²) in [7, 11) is -0.462. The van der Waals surface area contributed by atoms with Crippen molar-refractivity contribution in [3.63, 3.8) is 0 Å². The summed E-state index contributed by atoms with van der Waals surface area (Å²) in [4.78, 5) is 12.2. The molecular weight excluding hydrogens is 378 g/mol. The first-order valence-electron chi connectivity index (χ1n) is 7.81. The maximum atomic E-state index is 12.2. The van der Waals surface area contributed by atoms with Gasteiger partial charge in [0, 0.05) is 23.6 Å². The largest absolute Gasteiger partial charge is 0.497 e. The zero-order valence-corrected chi connectivity index (χ0v) is 16.1. The van der Waals surface area contributed by atoms with Crippen LogP contribution in [0.15, 0.2) is 47.4 Å². The van der Waals surface area contributed by atoms with Gasteiger partial charge in [0.1, 0.15) is 11.5 Å². The average Bonchev–Trinajstić information content (AvgIpc) is 2.64. The normalized spacial score (nSPS) is 11.0. The fourth-order valence-corrected chi connectivity index (χ4v) is 3.66. The molecule has 0 heterocycles. The van der Waals surface area contributed by atoms with Gasteiger partial charge < -0.3 is 14.8 Å². The molecule has 0 fully saturated rings. The molecule has 0 atom stereocenters. The summed E-state index contributed by atoms with van der Waals surface area (Å²) >= 11 is 5.76. The summed E-state index contributed by atoms with van der Waals surface area (Å²) in [6.45, 7) is 0.209. The minimum atomic E-state index is -3.54. The number of halogens is 1. The van der Waals surface area contributed by atoms with Crippen LogP contribution in [0.2, 0.25) is 5.02 Å². The summed E-state index contributed by atoms with van der Waals surface area (Å²) in [6.07, 6.45) is -0.142. The maximum absolute atomic E-state index is 12.2. The van der Waals surface area contributed by atoms with E-state index in [1.54, 1.807) is 25.3 Å². The number of methoxy groups -OCH3 is 2. The van der Waals surface area contributed by atoms with E-state index in [0.29, 0.717) is 16.5 Å². The standard InChI is InChI=1S/C18H20ClNO5S/c1-24-15-5-8-17(25-2)13(11-15)12-20-18(21)9-10-26(22,23)16-6-3-14(19)4-7-16/h3-8,11H,9-10,12H2,1-2H3,(H,20,21).